The Bertz CT molecular complexity index is 1780. The number of aromatic nitrogens is 1. The summed E-state index contributed by atoms with van der Waals surface area (Å²) in [7, 11) is 0. The molecule has 2 aliphatic heterocycles. The molecular weight excluding hydrogens is 596 g/mol. The summed E-state index contributed by atoms with van der Waals surface area (Å²) in [5.41, 5.74) is 1.44. The second kappa shape index (κ2) is 13.1. The van der Waals surface area contributed by atoms with Gasteiger partial charge in [0.1, 0.15) is 24.7 Å². The molecule has 0 bridgehead atoms. The van der Waals surface area contributed by atoms with Crippen molar-refractivity contribution in [2.24, 2.45) is 0 Å². The zero-order valence-electron chi connectivity index (χ0n) is 25.3. The normalized spacial score (nSPS) is 17.1. The third-order valence-corrected chi connectivity index (χ3v) is 8.48. The van der Waals surface area contributed by atoms with Crippen molar-refractivity contribution in [1.29, 1.82) is 0 Å². The molecule has 11 heteroatoms. The first-order valence-corrected chi connectivity index (χ1v) is 15.9. The van der Waals surface area contributed by atoms with E-state index in [1.807, 2.05) is 32.0 Å². The number of nitrogens with zero attached hydrogens (tertiary/aromatic N) is 2. The lowest BCUT2D eigenvalue weighted by Crippen LogP contribution is -2.29. The fraction of sp³-hybridized carbons (Fsp3) is 0.324. The van der Waals surface area contributed by atoms with E-state index in [-0.39, 0.29) is 11.3 Å². The molecule has 3 heterocycles. The van der Waals surface area contributed by atoms with Crippen molar-refractivity contribution in [3.8, 4) is 28.7 Å². The average Bonchev–Trinajstić information content (AvgIpc) is 3.58. The van der Waals surface area contributed by atoms with Crippen LogP contribution in [0.5, 0.6) is 28.7 Å². The fourth-order valence-corrected chi connectivity index (χ4v) is 6.37. The zero-order chi connectivity index (χ0) is 31.5. The van der Waals surface area contributed by atoms with Crippen molar-refractivity contribution in [3.05, 3.63) is 71.3 Å². The predicted molar refractivity (Wildman–Crippen MR) is 171 cm³/mol. The molecule has 2 aliphatic rings. The van der Waals surface area contributed by atoms with E-state index in [2.05, 4.69) is 6.92 Å². The molecule has 0 spiro atoms. The van der Waals surface area contributed by atoms with Gasteiger partial charge in [-0.2, -0.15) is 0 Å². The van der Waals surface area contributed by atoms with Crippen molar-refractivity contribution in [3.63, 3.8) is 0 Å². The van der Waals surface area contributed by atoms with Crippen LogP contribution in [0, 0.1) is 0 Å². The van der Waals surface area contributed by atoms with Gasteiger partial charge >= 0.3 is 5.91 Å². The van der Waals surface area contributed by atoms with Crippen LogP contribution in [-0.2, 0) is 9.59 Å². The highest BCUT2D eigenvalue weighted by Crippen LogP contribution is 2.47. The Morgan fingerprint density at radius 1 is 0.933 bits per heavy atom. The maximum atomic E-state index is 13.8. The number of anilines is 1. The van der Waals surface area contributed by atoms with Crippen LogP contribution in [0.25, 0.3) is 16.0 Å². The Kier molecular flexibility index (Phi) is 8.79. The van der Waals surface area contributed by atoms with E-state index in [9.17, 15) is 14.7 Å². The topological polar surface area (TPSA) is 117 Å². The number of aliphatic hydroxyl groups is 1. The molecule has 0 radical (unpaired) electrons. The molecule has 1 fully saturated rings. The number of hydrogen-bond donors (Lipinski definition) is 1. The van der Waals surface area contributed by atoms with E-state index < -0.39 is 17.7 Å². The molecular formula is C34H34N2O8S. The van der Waals surface area contributed by atoms with Gasteiger partial charge in [-0.3, -0.25) is 14.5 Å². The number of thiazole rings is 1. The smallest absolute Gasteiger partial charge is 0.301 e. The highest BCUT2D eigenvalue weighted by atomic mass is 32.1. The van der Waals surface area contributed by atoms with Gasteiger partial charge in [-0.1, -0.05) is 30.7 Å². The van der Waals surface area contributed by atoms with E-state index in [1.54, 1.807) is 36.4 Å². The first-order chi connectivity index (χ1) is 21.9. The molecule has 6 rings (SSSR count). The number of amides is 1. The number of ketones is 1. The minimum absolute atomic E-state index is 0.0759. The van der Waals surface area contributed by atoms with E-state index in [0.717, 1.165) is 17.5 Å². The van der Waals surface area contributed by atoms with E-state index in [0.29, 0.717) is 83.6 Å². The van der Waals surface area contributed by atoms with Gasteiger partial charge in [-0.05, 0) is 74.4 Å². The summed E-state index contributed by atoms with van der Waals surface area (Å²) >= 11 is 1.26. The minimum atomic E-state index is -1.01. The summed E-state index contributed by atoms with van der Waals surface area (Å²) < 4.78 is 29.7. The van der Waals surface area contributed by atoms with Crippen LogP contribution in [0.15, 0.2) is 60.2 Å². The third-order valence-electron chi connectivity index (χ3n) is 7.46. The quantitative estimate of drug-likeness (QED) is 0.0839. The van der Waals surface area contributed by atoms with Gasteiger partial charge in [0.25, 0.3) is 5.78 Å². The predicted octanol–water partition coefficient (Wildman–Crippen LogP) is 6.67. The largest absolute Gasteiger partial charge is 0.507 e. The van der Waals surface area contributed by atoms with Crippen molar-refractivity contribution < 1.29 is 38.4 Å². The molecule has 1 amide bonds. The Morgan fingerprint density at radius 3 is 2.51 bits per heavy atom. The molecule has 0 saturated carbocycles. The van der Waals surface area contributed by atoms with Gasteiger partial charge < -0.3 is 28.8 Å². The summed E-state index contributed by atoms with van der Waals surface area (Å²) in [6.45, 7) is 8.04. The number of hydrogen-bond acceptors (Lipinski definition) is 10. The number of rotatable bonds is 11. The Labute approximate surface area is 264 Å². The number of carbonyl (C=O) groups is 2. The summed E-state index contributed by atoms with van der Waals surface area (Å²) in [5.74, 6) is 0.724. The van der Waals surface area contributed by atoms with Gasteiger partial charge in [0.2, 0.25) is 0 Å². The zero-order valence-corrected chi connectivity index (χ0v) is 26.1. The summed E-state index contributed by atoms with van der Waals surface area (Å²) in [6, 6.07) is 14.7. The Morgan fingerprint density at radius 2 is 1.73 bits per heavy atom. The number of carbonyl (C=O) groups excluding carboxylic acids is 2. The molecule has 3 aromatic carbocycles. The van der Waals surface area contributed by atoms with Gasteiger partial charge in [0, 0.05) is 5.56 Å². The molecule has 0 aliphatic carbocycles. The molecule has 1 atom stereocenters. The molecule has 4 aromatic rings. The van der Waals surface area contributed by atoms with E-state index in [1.165, 1.54) is 16.2 Å². The van der Waals surface area contributed by atoms with Gasteiger partial charge in [0.05, 0.1) is 41.7 Å². The molecule has 45 heavy (non-hydrogen) atoms. The lowest BCUT2D eigenvalue weighted by molar-refractivity contribution is -0.132. The number of fused-ring (bicyclic) bond motifs is 2. The highest BCUT2D eigenvalue weighted by molar-refractivity contribution is 7.22. The number of Topliss-reactive ketones (excluding diaryl/α,β-unsaturated/α-hetero) is 1. The first kappa shape index (κ1) is 30.3. The first-order valence-electron chi connectivity index (χ1n) is 15.1. The summed E-state index contributed by atoms with van der Waals surface area (Å²) in [6.07, 6.45) is 1.86. The summed E-state index contributed by atoms with van der Waals surface area (Å²) in [4.78, 5) is 33.7. The van der Waals surface area contributed by atoms with Crippen molar-refractivity contribution in [2.75, 3.05) is 37.9 Å². The SMILES string of the molecule is CCCCOc1ccc([C@@H]2C(=C(O)c3ccc4c(c3)OCCO4)C(=O)C(=O)N2c2nc3ccc(OCC)cc3s2)cc1OCC. The van der Waals surface area contributed by atoms with Crippen LogP contribution < -0.4 is 28.6 Å². The fourth-order valence-electron chi connectivity index (χ4n) is 5.35. The van der Waals surface area contributed by atoms with Gasteiger partial charge in [0.15, 0.2) is 28.1 Å². The highest BCUT2D eigenvalue weighted by Gasteiger charge is 2.48. The summed E-state index contributed by atoms with van der Waals surface area (Å²) in [5, 5.41) is 12.0. The van der Waals surface area contributed by atoms with Gasteiger partial charge in [-0.25, -0.2) is 4.98 Å². The molecule has 1 aromatic heterocycles. The van der Waals surface area contributed by atoms with Crippen LogP contribution in [-0.4, -0.2) is 54.8 Å². The molecule has 0 unspecified atom stereocenters. The Hall–Kier alpha value is -4.77. The van der Waals surface area contributed by atoms with Crippen molar-refractivity contribution in [1.82, 2.24) is 4.98 Å². The van der Waals surface area contributed by atoms with Crippen molar-refractivity contribution in [2.45, 2.75) is 39.7 Å². The average molecular weight is 631 g/mol. The maximum Gasteiger partial charge on any atom is 0.301 e. The monoisotopic (exact) mass is 630 g/mol. The van der Waals surface area contributed by atoms with Crippen molar-refractivity contribution >= 4 is 44.1 Å². The van der Waals surface area contributed by atoms with Crippen LogP contribution in [0.4, 0.5) is 5.13 Å². The minimum Gasteiger partial charge on any atom is -0.507 e. The number of ether oxygens (including phenoxy) is 5. The molecule has 234 valence electrons. The van der Waals surface area contributed by atoms with Crippen LogP contribution in [0.2, 0.25) is 0 Å². The maximum absolute atomic E-state index is 13.8. The lowest BCUT2D eigenvalue weighted by Gasteiger charge is -2.24. The van der Waals surface area contributed by atoms with E-state index in [4.69, 9.17) is 28.7 Å². The number of aliphatic hydroxyl groups excluding tert-OH is 1. The molecule has 1 saturated heterocycles. The molecule has 10 nitrogen and oxygen atoms in total. The third kappa shape index (κ3) is 5.87. The van der Waals surface area contributed by atoms with Gasteiger partial charge in [-0.15, -0.1) is 0 Å². The van der Waals surface area contributed by atoms with Crippen LogP contribution in [0.3, 0.4) is 0 Å². The Balaban J connectivity index is 1.50. The second-order valence-corrected chi connectivity index (χ2v) is 11.4. The van der Waals surface area contributed by atoms with Crippen LogP contribution >= 0.6 is 11.3 Å². The standard InChI is InChI=1S/C34H34N2O8S/c1-4-7-14-42-24-12-8-20(17-26(24)41-6-3)30-29(31(37)21-9-13-25-27(18-21)44-16-15-43-25)32(38)33(39)36(30)34-35-23-11-10-22(40-5-2)19-28(23)45-34/h8-13,17-19,30,37H,4-7,14-16H2,1-3H3/t30-/m1/s1. The van der Waals surface area contributed by atoms with E-state index >= 15 is 0 Å². The van der Waals surface area contributed by atoms with Crippen LogP contribution in [0.1, 0.15) is 50.8 Å². The lowest BCUT2D eigenvalue weighted by atomic mass is 9.95. The number of benzene rings is 3. The second-order valence-electron chi connectivity index (χ2n) is 10.4. The number of unbranched alkanes of at least 4 members (excludes halogenated alkanes) is 1. The molecule has 1 N–H and O–H groups in total.